The van der Waals surface area contributed by atoms with Crippen LogP contribution in [0.5, 0.6) is 0 Å². The molecule has 0 N–H and O–H groups in total. The quantitative estimate of drug-likeness (QED) is 0.752. The van der Waals surface area contributed by atoms with Gasteiger partial charge in [0, 0.05) is 19.5 Å². The number of ketones is 1. The van der Waals surface area contributed by atoms with Gasteiger partial charge in [-0.25, -0.2) is 0 Å². The molecule has 0 saturated carbocycles. The zero-order chi connectivity index (χ0) is 12.3. The van der Waals surface area contributed by atoms with E-state index in [1.807, 2.05) is 0 Å². The second kappa shape index (κ2) is 5.49. The molecule has 98 valence electrons. The first kappa shape index (κ1) is 13.0. The molecular weight excluding hydrogens is 214 g/mol. The van der Waals surface area contributed by atoms with Crippen molar-refractivity contribution in [2.75, 3.05) is 32.8 Å². The molecule has 3 nitrogen and oxygen atoms in total. The standard InChI is InChI=1S/C14H25NO2/c1-3-14(4-2)6-7-15(11-14)9-12-10-17-8-5-13(12)16/h12H,3-11H2,1-2H3. The minimum absolute atomic E-state index is 0.133. The second-order valence-electron chi connectivity index (χ2n) is 5.68. The predicted molar refractivity (Wildman–Crippen MR) is 68.0 cm³/mol. The van der Waals surface area contributed by atoms with Gasteiger partial charge in [0.1, 0.15) is 5.78 Å². The van der Waals surface area contributed by atoms with Gasteiger partial charge in [-0.2, -0.15) is 0 Å². The molecule has 0 spiro atoms. The number of hydrogen-bond donors (Lipinski definition) is 0. The van der Waals surface area contributed by atoms with E-state index >= 15 is 0 Å². The highest BCUT2D eigenvalue weighted by molar-refractivity contribution is 5.82. The lowest BCUT2D eigenvalue weighted by Gasteiger charge is -2.29. The van der Waals surface area contributed by atoms with Crippen LogP contribution in [0.1, 0.15) is 39.5 Å². The summed E-state index contributed by atoms with van der Waals surface area (Å²) in [5.41, 5.74) is 0.512. The third-order valence-electron chi connectivity index (χ3n) is 4.76. The number of likely N-dealkylation sites (tertiary alicyclic amines) is 1. The van der Waals surface area contributed by atoms with Crippen LogP contribution in [0.4, 0.5) is 0 Å². The molecule has 2 heterocycles. The van der Waals surface area contributed by atoms with Gasteiger partial charge in [-0.3, -0.25) is 4.79 Å². The van der Waals surface area contributed by atoms with E-state index in [4.69, 9.17) is 4.74 Å². The van der Waals surface area contributed by atoms with Crippen LogP contribution in [0, 0.1) is 11.3 Å². The van der Waals surface area contributed by atoms with E-state index in [9.17, 15) is 4.79 Å². The average Bonchev–Trinajstić information content (AvgIpc) is 2.76. The van der Waals surface area contributed by atoms with Crippen LogP contribution >= 0.6 is 0 Å². The van der Waals surface area contributed by atoms with Crippen molar-refractivity contribution in [2.45, 2.75) is 39.5 Å². The summed E-state index contributed by atoms with van der Waals surface area (Å²) in [6, 6.07) is 0. The SMILES string of the molecule is CCC1(CC)CCN(CC2COCCC2=O)C1. The molecule has 2 rings (SSSR count). The maximum atomic E-state index is 11.8. The van der Waals surface area contributed by atoms with Crippen LogP contribution in [0.3, 0.4) is 0 Å². The Labute approximate surface area is 105 Å². The molecule has 0 amide bonds. The van der Waals surface area contributed by atoms with E-state index in [2.05, 4.69) is 18.7 Å². The lowest BCUT2D eigenvalue weighted by Crippen LogP contribution is -2.38. The summed E-state index contributed by atoms with van der Waals surface area (Å²) in [6.45, 7) is 9.10. The Morgan fingerprint density at radius 1 is 1.41 bits per heavy atom. The van der Waals surface area contributed by atoms with Crippen molar-refractivity contribution >= 4 is 5.78 Å². The molecule has 1 unspecified atom stereocenters. The van der Waals surface area contributed by atoms with Crippen LogP contribution in [-0.4, -0.2) is 43.5 Å². The van der Waals surface area contributed by atoms with Crippen LogP contribution in [0.15, 0.2) is 0 Å². The molecule has 0 aromatic heterocycles. The molecular formula is C14H25NO2. The largest absolute Gasteiger partial charge is 0.380 e. The Balaban J connectivity index is 1.86. The number of rotatable bonds is 4. The number of nitrogens with zero attached hydrogens (tertiary/aromatic N) is 1. The van der Waals surface area contributed by atoms with Gasteiger partial charge < -0.3 is 9.64 Å². The number of ether oxygens (including phenoxy) is 1. The van der Waals surface area contributed by atoms with Crippen LogP contribution in [0.2, 0.25) is 0 Å². The van der Waals surface area contributed by atoms with Gasteiger partial charge in [0.05, 0.1) is 19.1 Å². The summed E-state index contributed by atoms with van der Waals surface area (Å²) in [7, 11) is 0. The van der Waals surface area contributed by atoms with E-state index < -0.39 is 0 Å². The predicted octanol–water partition coefficient (Wildman–Crippen LogP) is 2.10. The third-order valence-corrected chi connectivity index (χ3v) is 4.76. The summed E-state index contributed by atoms with van der Waals surface area (Å²) < 4.78 is 5.42. The van der Waals surface area contributed by atoms with Gasteiger partial charge in [-0.1, -0.05) is 13.8 Å². The first-order chi connectivity index (χ1) is 8.19. The van der Waals surface area contributed by atoms with Gasteiger partial charge in [0.15, 0.2) is 0 Å². The molecule has 0 aliphatic carbocycles. The minimum atomic E-state index is 0.133. The third kappa shape index (κ3) is 2.89. The van der Waals surface area contributed by atoms with E-state index in [-0.39, 0.29) is 5.92 Å². The molecule has 2 saturated heterocycles. The van der Waals surface area contributed by atoms with Gasteiger partial charge in [0.2, 0.25) is 0 Å². The first-order valence-corrected chi connectivity index (χ1v) is 7.02. The van der Waals surface area contributed by atoms with Crippen LogP contribution in [-0.2, 0) is 9.53 Å². The van der Waals surface area contributed by atoms with Crippen molar-refractivity contribution in [3.05, 3.63) is 0 Å². The second-order valence-corrected chi connectivity index (χ2v) is 5.68. The molecule has 1 atom stereocenters. The van der Waals surface area contributed by atoms with Crippen molar-refractivity contribution in [1.29, 1.82) is 0 Å². The van der Waals surface area contributed by atoms with E-state index in [0.717, 1.165) is 13.1 Å². The lowest BCUT2D eigenvalue weighted by molar-refractivity contribution is -0.131. The fourth-order valence-electron chi connectivity index (χ4n) is 3.17. The highest BCUT2D eigenvalue weighted by Gasteiger charge is 2.36. The Hall–Kier alpha value is -0.410. The van der Waals surface area contributed by atoms with E-state index in [0.29, 0.717) is 30.8 Å². The molecule has 0 aromatic rings. The molecule has 2 fully saturated rings. The van der Waals surface area contributed by atoms with Gasteiger partial charge >= 0.3 is 0 Å². The number of hydrogen-bond acceptors (Lipinski definition) is 3. The number of carbonyl (C=O) groups excluding carboxylic acids is 1. The summed E-state index contributed by atoms with van der Waals surface area (Å²) >= 11 is 0. The Kier molecular flexibility index (Phi) is 4.21. The Morgan fingerprint density at radius 2 is 2.18 bits per heavy atom. The van der Waals surface area contributed by atoms with Crippen molar-refractivity contribution in [3.63, 3.8) is 0 Å². The van der Waals surface area contributed by atoms with Gasteiger partial charge in [-0.05, 0) is 31.2 Å². The molecule has 0 aromatic carbocycles. The Bertz CT molecular complexity index is 273. The zero-order valence-corrected chi connectivity index (χ0v) is 11.2. The van der Waals surface area contributed by atoms with Crippen molar-refractivity contribution in [1.82, 2.24) is 4.90 Å². The molecule has 0 bridgehead atoms. The summed E-state index contributed by atoms with van der Waals surface area (Å²) in [6.07, 6.45) is 4.43. The fraction of sp³-hybridized carbons (Fsp3) is 0.929. The topological polar surface area (TPSA) is 29.5 Å². The molecule has 0 radical (unpaired) electrons. The van der Waals surface area contributed by atoms with Crippen LogP contribution < -0.4 is 0 Å². The maximum Gasteiger partial charge on any atom is 0.141 e. The van der Waals surface area contributed by atoms with Crippen molar-refractivity contribution in [2.24, 2.45) is 11.3 Å². The molecule has 2 aliphatic rings. The average molecular weight is 239 g/mol. The fourth-order valence-corrected chi connectivity index (χ4v) is 3.17. The maximum absolute atomic E-state index is 11.8. The first-order valence-electron chi connectivity index (χ1n) is 7.02. The Morgan fingerprint density at radius 3 is 2.76 bits per heavy atom. The van der Waals surface area contributed by atoms with Crippen molar-refractivity contribution in [3.8, 4) is 0 Å². The number of Topliss-reactive ketones (excluding diaryl/α,β-unsaturated/α-hetero) is 1. The number of carbonyl (C=O) groups is 1. The van der Waals surface area contributed by atoms with E-state index in [1.165, 1.54) is 25.8 Å². The highest BCUT2D eigenvalue weighted by atomic mass is 16.5. The minimum Gasteiger partial charge on any atom is -0.380 e. The molecule has 17 heavy (non-hydrogen) atoms. The van der Waals surface area contributed by atoms with Gasteiger partial charge in [-0.15, -0.1) is 0 Å². The van der Waals surface area contributed by atoms with E-state index in [1.54, 1.807) is 0 Å². The van der Waals surface area contributed by atoms with Crippen LogP contribution in [0.25, 0.3) is 0 Å². The highest BCUT2D eigenvalue weighted by Crippen LogP contribution is 2.37. The smallest absolute Gasteiger partial charge is 0.141 e. The zero-order valence-electron chi connectivity index (χ0n) is 11.2. The summed E-state index contributed by atoms with van der Waals surface area (Å²) in [5.74, 6) is 0.537. The lowest BCUT2D eigenvalue weighted by atomic mass is 9.82. The molecule has 3 heteroatoms. The monoisotopic (exact) mass is 239 g/mol. The normalized spacial score (nSPS) is 29.8. The summed E-state index contributed by atoms with van der Waals surface area (Å²) in [4.78, 5) is 14.3. The molecule has 2 aliphatic heterocycles. The van der Waals surface area contributed by atoms with Crippen molar-refractivity contribution < 1.29 is 9.53 Å². The summed E-state index contributed by atoms with van der Waals surface area (Å²) in [5, 5.41) is 0. The van der Waals surface area contributed by atoms with Gasteiger partial charge in [0.25, 0.3) is 0 Å².